The van der Waals surface area contributed by atoms with Crippen molar-refractivity contribution in [1.82, 2.24) is 0 Å². The first-order valence-electron chi connectivity index (χ1n) is 5.66. The van der Waals surface area contributed by atoms with Crippen molar-refractivity contribution >= 4 is 28.9 Å². The topological polar surface area (TPSA) is 35.5 Å². The van der Waals surface area contributed by atoms with E-state index in [1.165, 1.54) is 18.4 Å². The van der Waals surface area contributed by atoms with Crippen LogP contribution in [-0.4, -0.2) is 13.1 Å². The Morgan fingerprint density at radius 3 is 2.74 bits per heavy atom. The zero-order valence-electron chi connectivity index (χ0n) is 10.6. The number of hydrogen-bond donors (Lipinski definition) is 0. The fourth-order valence-electron chi connectivity index (χ4n) is 1.58. The molecule has 0 aliphatic carbocycles. The lowest BCUT2D eigenvalue weighted by Crippen LogP contribution is -2.03. The third kappa shape index (κ3) is 3.49. The maximum absolute atomic E-state index is 11.5. The van der Waals surface area contributed by atoms with Crippen molar-refractivity contribution in [2.45, 2.75) is 13.5 Å². The lowest BCUT2D eigenvalue weighted by Gasteiger charge is -2.09. The molecular formula is C14H13ClO3S. The van der Waals surface area contributed by atoms with Gasteiger partial charge in [-0.15, -0.1) is 11.3 Å². The van der Waals surface area contributed by atoms with E-state index in [0.29, 0.717) is 17.9 Å². The molecule has 100 valence electrons. The number of carbonyl (C=O) groups excluding carboxylic acids is 1. The van der Waals surface area contributed by atoms with Gasteiger partial charge in [0.15, 0.2) is 0 Å². The lowest BCUT2D eigenvalue weighted by atomic mass is 10.1. The molecular weight excluding hydrogens is 284 g/mol. The van der Waals surface area contributed by atoms with Crippen LogP contribution in [0, 0.1) is 6.92 Å². The van der Waals surface area contributed by atoms with E-state index in [2.05, 4.69) is 4.74 Å². The summed E-state index contributed by atoms with van der Waals surface area (Å²) in [5.74, 6) is 0.302. The zero-order chi connectivity index (χ0) is 13.8. The average molecular weight is 297 g/mol. The normalized spacial score (nSPS) is 10.3. The van der Waals surface area contributed by atoms with Gasteiger partial charge in [0.25, 0.3) is 0 Å². The Labute approximate surface area is 120 Å². The molecule has 0 bridgehead atoms. The second-order valence-corrected chi connectivity index (χ2v) is 5.77. The summed E-state index contributed by atoms with van der Waals surface area (Å²) in [6.07, 6.45) is 0. The summed E-state index contributed by atoms with van der Waals surface area (Å²) in [5.41, 5.74) is 1.45. The Balaban J connectivity index is 2.12. The Kier molecular flexibility index (Phi) is 4.45. The van der Waals surface area contributed by atoms with Crippen LogP contribution in [0.1, 0.15) is 20.8 Å². The fraction of sp³-hybridized carbons (Fsp3) is 0.214. The summed E-state index contributed by atoms with van der Waals surface area (Å²) in [6.45, 7) is 2.36. The Bertz CT molecular complexity index is 592. The number of esters is 1. The van der Waals surface area contributed by atoms with Crippen molar-refractivity contribution in [1.29, 1.82) is 0 Å². The smallest absolute Gasteiger partial charge is 0.337 e. The van der Waals surface area contributed by atoms with Gasteiger partial charge in [-0.1, -0.05) is 17.7 Å². The largest absolute Gasteiger partial charge is 0.488 e. The molecule has 2 rings (SSSR count). The molecule has 1 aromatic carbocycles. The molecule has 0 atom stereocenters. The van der Waals surface area contributed by atoms with Crippen LogP contribution in [0.4, 0.5) is 0 Å². The standard InChI is InChI=1S/C14H13ClO3S/c1-9-3-4-10(14(16)17-2)7-12(9)18-8-11-5-6-13(15)19-11/h3-7H,8H2,1-2H3. The van der Waals surface area contributed by atoms with Crippen LogP contribution in [0.3, 0.4) is 0 Å². The predicted molar refractivity (Wildman–Crippen MR) is 76.2 cm³/mol. The number of methoxy groups -OCH3 is 1. The molecule has 0 aliphatic rings. The average Bonchev–Trinajstić information content (AvgIpc) is 2.82. The first kappa shape index (κ1) is 13.9. The molecule has 5 heteroatoms. The molecule has 0 N–H and O–H groups in total. The van der Waals surface area contributed by atoms with E-state index in [1.807, 2.05) is 25.1 Å². The van der Waals surface area contributed by atoms with Crippen LogP contribution in [-0.2, 0) is 11.3 Å². The van der Waals surface area contributed by atoms with Gasteiger partial charge in [0.1, 0.15) is 12.4 Å². The number of hydrogen-bond acceptors (Lipinski definition) is 4. The number of benzene rings is 1. The number of carbonyl (C=O) groups is 1. The molecule has 1 aromatic heterocycles. The Morgan fingerprint density at radius 2 is 2.11 bits per heavy atom. The highest BCUT2D eigenvalue weighted by Gasteiger charge is 2.09. The number of aryl methyl sites for hydroxylation is 1. The zero-order valence-corrected chi connectivity index (χ0v) is 12.2. The summed E-state index contributed by atoms with van der Waals surface area (Å²) in [4.78, 5) is 12.5. The minimum absolute atomic E-state index is 0.371. The highest BCUT2D eigenvalue weighted by molar-refractivity contribution is 7.16. The van der Waals surface area contributed by atoms with Gasteiger partial charge in [0, 0.05) is 4.88 Å². The van der Waals surface area contributed by atoms with Gasteiger partial charge >= 0.3 is 5.97 Å². The molecule has 0 unspecified atom stereocenters. The minimum Gasteiger partial charge on any atom is -0.488 e. The summed E-state index contributed by atoms with van der Waals surface area (Å²) in [6, 6.07) is 9.00. The van der Waals surface area contributed by atoms with E-state index in [4.69, 9.17) is 16.3 Å². The van der Waals surface area contributed by atoms with Crippen LogP contribution in [0.15, 0.2) is 30.3 Å². The van der Waals surface area contributed by atoms with Crippen molar-refractivity contribution in [2.24, 2.45) is 0 Å². The second-order valence-electron chi connectivity index (χ2n) is 3.97. The van der Waals surface area contributed by atoms with Crippen molar-refractivity contribution in [3.05, 3.63) is 50.7 Å². The maximum Gasteiger partial charge on any atom is 0.337 e. The predicted octanol–water partition coefficient (Wildman–Crippen LogP) is 4.08. The van der Waals surface area contributed by atoms with Gasteiger partial charge in [-0.25, -0.2) is 4.79 Å². The maximum atomic E-state index is 11.5. The van der Waals surface area contributed by atoms with Gasteiger partial charge in [-0.2, -0.15) is 0 Å². The summed E-state index contributed by atoms with van der Waals surface area (Å²) < 4.78 is 11.1. The van der Waals surface area contributed by atoms with Crippen LogP contribution >= 0.6 is 22.9 Å². The molecule has 0 saturated carbocycles. The number of thiophene rings is 1. The summed E-state index contributed by atoms with van der Waals surface area (Å²) in [5, 5.41) is 0. The van der Waals surface area contributed by atoms with E-state index in [1.54, 1.807) is 12.1 Å². The van der Waals surface area contributed by atoms with Gasteiger partial charge in [-0.3, -0.25) is 0 Å². The first-order chi connectivity index (χ1) is 9.10. The monoisotopic (exact) mass is 296 g/mol. The van der Waals surface area contributed by atoms with Crippen LogP contribution in [0.25, 0.3) is 0 Å². The van der Waals surface area contributed by atoms with Crippen molar-refractivity contribution in [3.8, 4) is 5.75 Å². The van der Waals surface area contributed by atoms with Gasteiger partial charge in [0.2, 0.25) is 0 Å². The Hall–Kier alpha value is -1.52. The van der Waals surface area contributed by atoms with E-state index in [0.717, 1.165) is 14.8 Å². The van der Waals surface area contributed by atoms with Crippen LogP contribution in [0.2, 0.25) is 4.34 Å². The number of rotatable bonds is 4. The molecule has 0 aliphatic heterocycles. The van der Waals surface area contributed by atoms with Crippen LogP contribution < -0.4 is 4.74 Å². The van der Waals surface area contributed by atoms with Gasteiger partial charge < -0.3 is 9.47 Å². The molecule has 0 amide bonds. The van der Waals surface area contributed by atoms with Gasteiger partial charge in [-0.05, 0) is 36.8 Å². The minimum atomic E-state index is -0.371. The van der Waals surface area contributed by atoms with Crippen LogP contribution in [0.5, 0.6) is 5.75 Å². The molecule has 3 nitrogen and oxygen atoms in total. The number of ether oxygens (including phenoxy) is 2. The quantitative estimate of drug-likeness (QED) is 0.798. The highest BCUT2D eigenvalue weighted by atomic mass is 35.5. The molecule has 2 aromatic rings. The van der Waals surface area contributed by atoms with E-state index in [-0.39, 0.29) is 5.97 Å². The van der Waals surface area contributed by atoms with Crippen molar-refractivity contribution in [2.75, 3.05) is 7.11 Å². The fourth-order valence-corrected chi connectivity index (χ4v) is 2.58. The molecule has 1 heterocycles. The lowest BCUT2D eigenvalue weighted by molar-refractivity contribution is 0.0600. The third-order valence-corrected chi connectivity index (χ3v) is 3.81. The molecule has 0 radical (unpaired) electrons. The first-order valence-corrected chi connectivity index (χ1v) is 6.85. The number of halogens is 1. The molecule has 0 saturated heterocycles. The molecule has 0 fully saturated rings. The SMILES string of the molecule is COC(=O)c1ccc(C)c(OCc2ccc(Cl)s2)c1. The van der Waals surface area contributed by atoms with Gasteiger partial charge in [0.05, 0.1) is 17.0 Å². The van der Waals surface area contributed by atoms with E-state index >= 15 is 0 Å². The van der Waals surface area contributed by atoms with Crippen molar-refractivity contribution in [3.63, 3.8) is 0 Å². The van der Waals surface area contributed by atoms with E-state index in [9.17, 15) is 4.79 Å². The molecule has 0 spiro atoms. The van der Waals surface area contributed by atoms with Crippen molar-refractivity contribution < 1.29 is 14.3 Å². The summed E-state index contributed by atoms with van der Waals surface area (Å²) >= 11 is 7.34. The highest BCUT2D eigenvalue weighted by Crippen LogP contribution is 2.25. The van der Waals surface area contributed by atoms with E-state index < -0.39 is 0 Å². The second kappa shape index (κ2) is 6.08. The summed E-state index contributed by atoms with van der Waals surface area (Å²) in [7, 11) is 1.36. The molecule has 19 heavy (non-hydrogen) atoms. The Morgan fingerprint density at radius 1 is 1.32 bits per heavy atom. The third-order valence-electron chi connectivity index (χ3n) is 2.61.